The smallest absolute Gasteiger partial charge is 0.224 e. The van der Waals surface area contributed by atoms with Gasteiger partial charge >= 0.3 is 0 Å². The number of amides is 2. The number of aliphatic hydroxyl groups excluding tert-OH is 1. The molecular weight excluding hydrogens is 432 g/mol. The SMILES string of the molecule is O=C(C[C@H]1C[C@@H]2c3cc(NC(=O)CC4CC4)ccc3O[C@@H]2[C@@H](CO)O1)NCCc1ccccc1. The molecule has 0 aromatic heterocycles. The maximum atomic E-state index is 12.6. The van der Waals surface area contributed by atoms with E-state index in [4.69, 9.17) is 9.47 Å². The largest absolute Gasteiger partial charge is 0.487 e. The van der Waals surface area contributed by atoms with Crippen molar-refractivity contribution in [3.63, 3.8) is 0 Å². The van der Waals surface area contributed by atoms with E-state index in [1.54, 1.807) is 0 Å². The summed E-state index contributed by atoms with van der Waals surface area (Å²) in [5.41, 5.74) is 2.95. The molecule has 0 bridgehead atoms. The van der Waals surface area contributed by atoms with Crippen molar-refractivity contribution in [1.29, 1.82) is 0 Å². The number of fused-ring (bicyclic) bond motifs is 3. The zero-order valence-corrected chi connectivity index (χ0v) is 19.2. The van der Waals surface area contributed by atoms with Gasteiger partial charge in [-0.3, -0.25) is 9.59 Å². The Kier molecular flexibility index (Phi) is 6.83. The highest BCUT2D eigenvalue weighted by atomic mass is 16.6. The van der Waals surface area contributed by atoms with E-state index >= 15 is 0 Å². The Bertz CT molecular complexity index is 1020. The molecule has 2 fully saturated rings. The van der Waals surface area contributed by atoms with Gasteiger partial charge in [-0.05, 0) is 55.4 Å². The van der Waals surface area contributed by atoms with E-state index in [0.717, 1.165) is 36.3 Å². The third-order valence-corrected chi connectivity index (χ3v) is 6.95. The van der Waals surface area contributed by atoms with Crippen LogP contribution < -0.4 is 15.4 Å². The molecule has 34 heavy (non-hydrogen) atoms. The minimum atomic E-state index is -0.499. The molecule has 2 aliphatic heterocycles. The summed E-state index contributed by atoms with van der Waals surface area (Å²) in [4.78, 5) is 24.8. The van der Waals surface area contributed by atoms with Gasteiger partial charge < -0.3 is 25.2 Å². The topological polar surface area (TPSA) is 96.9 Å². The van der Waals surface area contributed by atoms with Crippen LogP contribution in [0.5, 0.6) is 5.75 Å². The molecule has 1 saturated heterocycles. The molecule has 0 unspecified atom stereocenters. The summed E-state index contributed by atoms with van der Waals surface area (Å²) < 4.78 is 12.2. The van der Waals surface area contributed by atoms with Crippen molar-refractivity contribution in [2.75, 3.05) is 18.5 Å². The predicted molar refractivity (Wildman–Crippen MR) is 128 cm³/mol. The summed E-state index contributed by atoms with van der Waals surface area (Å²) in [5.74, 6) is 1.27. The number of nitrogens with one attached hydrogen (secondary N) is 2. The summed E-state index contributed by atoms with van der Waals surface area (Å²) >= 11 is 0. The Morgan fingerprint density at radius 1 is 1.03 bits per heavy atom. The second kappa shape index (κ2) is 10.2. The number of anilines is 1. The quantitative estimate of drug-likeness (QED) is 0.530. The van der Waals surface area contributed by atoms with Crippen LogP contribution in [0.25, 0.3) is 0 Å². The van der Waals surface area contributed by atoms with Gasteiger partial charge in [0, 0.05) is 30.1 Å². The molecule has 2 aromatic rings. The van der Waals surface area contributed by atoms with Crippen LogP contribution in [0, 0.1) is 5.92 Å². The summed E-state index contributed by atoms with van der Waals surface area (Å²) in [6.07, 6.45) is 3.38. The number of benzene rings is 2. The van der Waals surface area contributed by atoms with E-state index in [-0.39, 0.29) is 43.0 Å². The number of hydrogen-bond donors (Lipinski definition) is 3. The van der Waals surface area contributed by atoms with Crippen molar-refractivity contribution < 1.29 is 24.2 Å². The summed E-state index contributed by atoms with van der Waals surface area (Å²) in [6, 6.07) is 15.7. The maximum Gasteiger partial charge on any atom is 0.224 e. The Morgan fingerprint density at radius 2 is 1.85 bits per heavy atom. The third kappa shape index (κ3) is 5.42. The molecule has 1 aliphatic carbocycles. The molecule has 0 spiro atoms. The van der Waals surface area contributed by atoms with Gasteiger partial charge in [-0.25, -0.2) is 0 Å². The maximum absolute atomic E-state index is 12.6. The Labute approximate surface area is 199 Å². The number of rotatable bonds is 9. The molecule has 7 nitrogen and oxygen atoms in total. The zero-order chi connectivity index (χ0) is 23.5. The van der Waals surface area contributed by atoms with Gasteiger partial charge in [-0.1, -0.05) is 30.3 Å². The highest BCUT2D eigenvalue weighted by molar-refractivity contribution is 5.91. The minimum Gasteiger partial charge on any atom is -0.487 e. The number of ether oxygens (including phenoxy) is 2. The van der Waals surface area contributed by atoms with Gasteiger partial charge in [0.05, 0.1) is 19.1 Å². The van der Waals surface area contributed by atoms with Crippen LogP contribution >= 0.6 is 0 Å². The lowest BCUT2D eigenvalue weighted by Crippen LogP contribution is -2.47. The van der Waals surface area contributed by atoms with E-state index in [1.807, 2.05) is 48.5 Å². The fourth-order valence-corrected chi connectivity index (χ4v) is 5.03. The molecule has 0 radical (unpaired) electrons. The number of carbonyl (C=O) groups excluding carboxylic acids is 2. The standard InChI is InChI=1S/C27H32N2O5/c30-16-24-27-22(14-20(33-24)15-25(31)28-11-10-17-4-2-1-3-5-17)21-13-19(8-9-23(21)34-27)29-26(32)12-18-6-7-18/h1-5,8-9,13,18,20,22,24,27,30H,6-7,10-12,14-16H2,(H,28,31)(H,29,32)/t20-,22-,24-,27+/m1/s1. The highest BCUT2D eigenvalue weighted by Crippen LogP contribution is 2.47. The minimum absolute atomic E-state index is 0.00306. The van der Waals surface area contributed by atoms with Gasteiger partial charge in [-0.2, -0.15) is 0 Å². The molecule has 2 aromatic carbocycles. The van der Waals surface area contributed by atoms with E-state index in [2.05, 4.69) is 10.6 Å². The molecule has 7 heteroatoms. The van der Waals surface area contributed by atoms with Gasteiger partial charge in [0.25, 0.3) is 0 Å². The molecule has 4 atom stereocenters. The number of aliphatic hydroxyl groups is 1. The lowest BCUT2D eigenvalue weighted by atomic mass is 9.84. The van der Waals surface area contributed by atoms with Crippen LogP contribution in [-0.4, -0.2) is 48.4 Å². The van der Waals surface area contributed by atoms with Crippen molar-refractivity contribution in [2.24, 2.45) is 5.92 Å². The fourth-order valence-electron chi connectivity index (χ4n) is 5.03. The summed E-state index contributed by atoms with van der Waals surface area (Å²) in [6.45, 7) is 0.396. The van der Waals surface area contributed by atoms with Crippen LogP contribution in [0.2, 0.25) is 0 Å². The average Bonchev–Trinajstić information content (AvgIpc) is 3.57. The Morgan fingerprint density at radius 3 is 2.62 bits per heavy atom. The molecule has 3 aliphatic rings. The molecule has 2 heterocycles. The van der Waals surface area contributed by atoms with Gasteiger partial charge in [0.15, 0.2) is 0 Å². The first kappa shape index (κ1) is 22.9. The zero-order valence-electron chi connectivity index (χ0n) is 19.2. The van der Waals surface area contributed by atoms with Gasteiger partial charge in [0.2, 0.25) is 11.8 Å². The van der Waals surface area contributed by atoms with Crippen LogP contribution in [0.3, 0.4) is 0 Å². The Hall–Kier alpha value is -2.90. The van der Waals surface area contributed by atoms with E-state index in [1.165, 1.54) is 5.56 Å². The second-order valence-corrected chi connectivity index (χ2v) is 9.64. The first-order chi connectivity index (χ1) is 16.6. The van der Waals surface area contributed by atoms with Crippen LogP contribution in [0.4, 0.5) is 5.69 Å². The summed E-state index contributed by atoms with van der Waals surface area (Å²) in [7, 11) is 0. The predicted octanol–water partition coefficient (Wildman–Crippen LogP) is 3.17. The second-order valence-electron chi connectivity index (χ2n) is 9.64. The molecule has 180 valence electrons. The highest BCUT2D eigenvalue weighted by Gasteiger charge is 2.46. The van der Waals surface area contributed by atoms with Crippen molar-refractivity contribution >= 4 is 17.5 Å². The molecule has 5 rings (SSSR count). The van der Waals surface area contributed by atoms with Crippen molar-refractivity contribution in [3.8, 4) is 5.75 Å². The monoisotopic (exact) mass is 464 g/mol. The van der Waals surface area contributed by atoms with Gasteiger partial charge in [0.1, 0.15) is 18.0 Å². The van der Waals surface area contributed by atoms with Crippen LogP contribution in [0.15, 0.2) is 48.5 Å². The van der Waals surface area contributed by atoms with E-state index in [0.29, 0.717) is 25.3 Å². The molecular formula is C27H32N2O5. The summed E-state index contributed by atoms with van der Waals surface area (Å²) in [5, 5.41) is 15.9. The normalized spacial score (nSPS) is 25.1. The van der Waals surface area contributed by atoms with Crippen molar-refractivity contribution in [1.82, 2.24) is 5.32 Å². The number of hydrogen-bond acceptors (Lipinski definition) is 5. The van der Waals surface area contributed by atoms with Crippen LogP contribution in [-0.2, 0) is 20.7 Å². The average molecular weight is 465 g/mol. The third-order valence-electron chi connectivity index (χ3n) is 6.95. The molecule has 3 N–H and O–H groups in total. The first-order valence-corrected chi connectivity index (χ1v) is 12.3. The molecule has 2 amide bonds. The fraction of sp³-hybridized carbons (Fsp3) is 0.481. The van der Waals surface area contributed by atoms with Crippen molar-refractivity contribution in [2.45, 2.75) is 62.8 Å². The van der Waals surface area contributed by atoms with E-state index < -0.39 is 6.10 Å². The molecule has 1 saturated carbocycles. The number of carbonyl (C=O) groups is 2. The van der Waals surface area contributed by atoms with Crippen LogP contribution in [0.1, 0.15) is 49.1 Å². The lowest BCUT2D eigenvalue weighted by molar-refractivity contribution is -0.142. The van der Waals surface area contributed by atoms with Crippen molar-refractivity contribution in [3.05, 3.63) is 59.7 Å². The Balaban J connectivity index is 1.20. The van der Waals surface area contributed by atoms with Gasteiger partial charge in [-0.15, -0.1) is 0 Å². The lowest BCUT2D eigenvalue weighted by Gasteiger charge is -2.37. The van der Waals surface area contributed by atoms with E-state index in [9.17, 15) is 14.7 Å². The first-order valence-electron chi connectivity index (χ1n) is 12.3.